The third kappa shape index (κ3) is 3.27. The van der Waals surface area contributed by atoms with Crippen LogP contribution < -0.4 is 14.4 Å². The van der Waals surface area contributed by atoms with Crippen LogP contribution >= 0.6 is 0 Å². The van der Waals surface area contributed by atoms with Gasteiger partial charge in [-0.25, -0.2) is 0 Å². The van der Waals surface area contributed by atoms with Crippen molar-refractivity contribution in [3.05, 3.63) is 48.3 Å². The van der Waals surface area contributed by atoms with Crippen LogP contribution in [0.4, 0.5) is 5.69 Å². The molecule has 0 radical (unpaired) electrons. The van der Waals surface area contributed by atoms with Gasteiger partial charge in [0.25, 0.3) is 5.91 Å². The van der Waals surface area contributed by atoms with Gasteiger partial charge in [-0.05, 0) is 24.3 Å². The SMILES string of the molecule is COc1ccc(N2CCN(C(=O)c3cccnc3)CC2)c(OC)c1. The zero-order chi connectivity index (χ0) is 16.9. The monoisotopic (exact) mass is 327 g/mol. The van der Waals surface area contributed by atoms with E-state index in [2.05, 4.69) is 9.88 Å². The number of methoxy groups -OCH3 is 2. The van der Waals surface area contributed by atoms with Crippen molar-refractivity contribution in [2.24, 2.45) is 0 Å². The van der Waals surface area contributed by atoms with Gasteiger partial charge in [-0.1, -0.05) is 0 Å². The van der Waals surface area contributed by atoms with Crippen molar-refractivity contribution in [1.82, 2.24) is 9.88 Å². The second kappa shape index (κ2) is 7.21. The van der Waals surface area contributed by atoms with Crippen molar-refractivity contribution in [3.8, 4) is 11.5 Å². The van der Waals surface area contributed by atoms with Gasteiger partial charge in [0.15, 0.2) is 0 Å². The number of amides is 1. The van der Waals surface area contributed by atoms with Crippen LogP contribution in [-0.4, -0.2) is 56.2 Å². The number of carbonyl (C=O) groups excluding carboxylic acids is 1. The Hall–Kier alpha value is -2.76. The van der Waals surface area contributed by atoms with E-state index in [1.807, 2.05) is 23.1 Å². The molecule has 2 aromatic rings. The van der Waals surface area contributed by atoms with E-state index >= 15 is 0 Å². The van der Waals surface area contributed by atoms with Gasteiger partial charge < -0.3 is 19.3 Å². The Kier molecular flexibility index (Phi) is 4.84. The summed E-state index contributed by atoms with van der Waals surface area (Å²) in [5, 5.41) is 0. The number of carbonyl (C=O) groups is 1. The fraction of sp³-hybridized carbons (Fsp3) is 0.333. The molecule has 126 valence electrons. The van der Waals surface area contributed by atoms with Crippen LogP contribution in [0.15, 0.2) is 42.7 Å². The maximum atomic E-state index is 12.5. The zero-order valence-electron chi connectivity index (χ0n) is 13.9. The number of pyridine rings is 1. The van der Waals surface area contributed by atoms with Crippen molar-refractivity contribution in [1.29, 1.82) is 0 Å². The molecule has 1 saturated heterocycles. The molecule has 6 nitrogen and oxygen atoms in total. The van der Waals surface area contributed by atoms with E-state index in [0.29, 0.717) is 18.7 Å². The molecule has 0 bridgehead atoms. The minimum Gasteiger partial charge on any atom is -0.497 e. The van der Waals surface area contributed by atoms with E-state index in [1.54, 1.807) is 38.7 Å². The molecule has 6 heteroatoms. The van der Waals surface area contributed by atoms with Crippen molar-refractivity contribution in [2.75, 3.05) is 45.3 Å². The van der Waals surface area contributed by atoms with E-state index in [1.165, 1.54) is 0 Å². The van der Waals surface area contributed by atoms with E-state index in [-0.39, 0.29) is 5.91 Å². The molecule has 0 aliphatic carbocycles. The number of aromatic nitrogens is 1. The molecular weight excluding hydrogens is 306 g/mol. The minimum absolute atomic E-state index is 0.0319. The van der Waals surface area contributed by atoms with Crippen LogP contribution in [0, 0.1) is 0 Å². The molecule has 0 spiro atoms. The van der Waals surface area contributed by atoms with Gasteiger partial charge in [0.1, 0.15) is 11.5 Å². The first-order chi connectivity index (χ1) is 11.7. The van der Waals surface area contributed by atoms with Gasteiger partial charge in [0.2, 0.25) is 0 Å². The highest BCUT2D eigenvalue weighted by Crippen LogP contribution is 2.32. The molecule has 3 rings (SSSR count). The third-order valence-corrected chi connectivity index (χ3v) is 4.20. The lowest BCUT2D eigenvalue weighted by atomic mass is 10.2. The number of hydrogen-bond acceptors (Lipinski definition) is 5. The quantitative estimate of drug-likeness (QED) is 0.860. The second-order valence-corrected chi connectivity index (χ2v) is 5.56. The Labute approximate surface area is 141 Å². The number of rotatable bonds is 4. The maximum absolute atomic E-state index is 12.5. The highest BCUT2D eigenvalue weighted by molar-refractivity contribution is 5.94. The first-order valence-electron chi connectivity index (χ1n) is 7.89. The maximum Gasteiger partial charge on any atom is 0.255 e. The standard InChI is InChI=1S/C18H21N3O3/c1-23-15-5-6-16(17(12-15)24-2)20-8-10-21(11-9-20)18(22)14-4-3-7-19-13-14/h3-7,12-13H,8-11H2,1-2H3. The normalized spacial score (nSPS) is 14.4. The van der Waals surface area contributed by atoms with Gasteiger partial charge in [-0.15, -0.1) is 0 Å². The first kappa shape index (κ1) is 16.1. The van der Waals surface area contributed by atoms with Gasteiger partial charge in [-0.3, -0.25) is 9.78 Å². The second-order valence-electron chi connectivity index (χ2n) is 5.56. The van der Waals surface area contributed by atoms with Gasteiger partial charge in [-0.2, -0.15) is 0 Å². The van der Waals surface area contributed by atoms with E-state index < -0.39 is 0 Å². The molecule has 0 atom stereocenters. The van der Waals surface area contributed by atoms with E-state index in [0.717, 1.165) is 30.3 Å². The van der Waals surface area contributed by atoms with Crippen LogP contribution in [0.2, 0.25) is 0 Å². The Morgan fingerprint density at radius 1 is 1.08 bits per heavy atom. The molecule has 1 aromatic carbocycles. The summed E-state index contributed by atoms with van der Waals surface area (Å²) in [6.07, 6.45) is 3.28. The Morgan fingerprint density at radius 3 is 2.50 bits per heavy atom. The molecular formula is C18H21N3O3. The Balaban J connectivity index is 1.68. The number of benzene rings is 1. The summed E-state index contributed by atoms with van der Waals surface area (Å²) in [4.78, 5) is 20.6. The predicted molar refractivity (Wildman–Crippen MR) is 91.9 cm³/mol. The minimum atomic E-state index is 0.0319. The van der Waals surface area contributed by atoms with Crippen LogP contribution in [-0.2, 0) is 0 Å². The molecule has 1 aliphatic heterocycles. The smallest absolute Gasteiger partial charge is 0.255 e. The molecule has 0 unspecified atom stereocenters. The largest absolute Gasteiger partial charge is 0.497 e. The molecule has 1 fully saturated rings. The summed E-state index contributed by atoms with van der Waals surface area (Å²) in [6, 6.07) is 9.38. The fourth-order valence-electron chi connectivity index (χ4n) is 2.87. The van der Waals surface area contributed by atoms with Gasteiger partial charge in [0.05, 0.1) is 25.5 Å². The van der Waals surface area contributed by atoms with Crippen LogP contribution in [0.25, 0.3) is 0 Å². The fourth-order valence-corrected chi connectivity index (χ4v) is 2.87. The van der Waals surface area contributed by atoms with Crippen molar-refractivity contribution in [2.45, 2.75) is 0 Å². The number of piperazine rings is 1. The van der Waals surface area contributed by atoms with Crippen LogP contribution in [0.3, 0.4) is 0 Å². The van der Waals surface area contributed by atoms with Crippen molar-refractivity contribution < 1.29 is 14.3 Å². The number of nitrogens with zero attached hydrogens (tertiary/aromatic N) is 3. The van der Waals surface area contributed by atoms with E-state index in [4.69, 9.17) is 9.47 Å². The van der Waals surface area contributed by atoms with Gasteiger partial charge in [0, 0.05) is 44.6 Å². The first-order valence-corrected chi connectivity index (χ1v) is 7.89. The summed E-state index contributed by atoms with van der Waals surface area (Å²) < 4.78 is 10.7. The highest BCUT2D eigenvalue weighted by atomic mass is 16.5. The number of hydrogen-bond donors (Lipinski definition) is 0. The topological polar surface area (TPSA) is 54.9 Å². The zero-order valence-corrected chi connectivity index (χ0v) is 13.9. The molecule has 2 heterocycles. The molecule has 0 saturated carbocycles. The van der Waals surface area contributed by atoms with E-state index in [9.17, 15) is 4.79 Å². The average Bonchev–Trinajstić information content (AvgIpc) is 2.67. The summed E-state index contributed by atoms with van der Waals surface area (Å²) >= 11 is 0. The summed E-state index contributed by atoms with van der Waals surface area (Å²) in [5.74, 6) is 1.58. The molecule has 24 heavy (non-hydrogen) atoms. The summed E-state index contributed by atoms with van der Waals surface area (Å²) in [7, 11) is 3.29. The molecule has 1 aromatic heterocycles. The lowest BCUT2D eigenvalue weighted by Crippen LogP contribution is -2.48. The Morgan fingerprint density at radius 2 is 1.88 bits per heavy atom. The highest BCUT2D eigenvalue weighted by Gasteiger charge is 2.24. The average molecular weight is 327 g/mol. The third-order valence-electron chi connectivity index (χ3n) is 4.20. The van der Waals surface area contributed by atoms with Crippen LogP contribution in [0.5, 0.6) is 11.5 Å². The molecule has 1 amide bonds. The van der Waals surface area contributed by atoms with Crippen LogP contribution in [0.1, 0.15) is 10.4 Å². The molecule has 0 N–H and O–H groups in total. The summed E-state index contributed by atoms with van der Waals surface area (Å²) in [5.41, 5.74) is 1.65. The van der Waals surface area contributed by atoms with Gasteiger partial charge >= 0.3 is 0 Å². The lowest BCUT2D eigenvalue weighted by Gasteiger charge is -2.36. The summed E-state index contributed by atoms with van der Waals surface area (Å²) in [6.45, 7) is 2.86. The number of ether oxygens (including phenoxy) is 2. The predicted octanol–water partition coefficient (Wildman–Crippen LogP) is 2.06. The van der Waals surface area contributed by atoms with Crippen molar-refractivity contribution >= 4 is 11.6 Å². The van der Waals surface area contributed by atoms with Crippen molar-refractivity contribution in [3.63, 3.8) is 0 Å². The lowest BCUT2D eigenvalue weighted by molar-refractivity contribution is 0.0746. The number of anilines is 1. The Bertz CT molecular complexity index is 698. The molecule has 1 aliphatic rings.